The number of nitrogens with zero attached hydrogens (tertiary/aromatic N) is 2. The molecule has 1 aromatic carbocycles. The molecule has 0 saturated heterocycles. The summed E-state index contributed by atoms with van der Waals surface area (Å²) in [6.07, 6.45) is 0.972. The minimum Gasteiger partial charge on any atom is -0.372 e. The fourth-order valence-corrected chi connectivity index (χ4v) is 3.06. The number of thiophene rings is 1. The van der Waals surface area contributed by atoms with Gasteiger partial charge in [-0.1, -0.05) is 19.1 Å². The van der Waals surface area contributed by atoms with E-state index in [2.05, 4.69) is 28.3 Å². The van der Waals surface area contributed by atoms with Crippen molar-refractivity contribution in [2.75, 3.05) is 12.4 Å². The first-order valence-electron chi connectivity index (χ1n) is 6.45. The van der Waals surface area contributed by atoms with E-state index >= 15 is 0 Å². The number of rotatable bonds is 3. The SMILES string of the molecule is CCc1cc2c(NC)nc(-c3cccc(F)c3)nc2s1. The third-order valence-electron chi connectivity index (χ3n) is 3.11. The predicted molar refractivity (Wildman–Crippen MR) is 81.7 cm³/mol. The van der Waals surface area contributed by atoms with Crippen LogP contribution in [0.15, 0.2) is 30.3 Å². The monoisotopic (exact) mass is 287 g/mol. The molecule has 0 spiro atoms. The molecule has 0 saturated carbocycles. The molecular formula is C15H14FN3S. The highest BCUT2D eigenvalue weighted by Gasteiger charge is 2.12. The van der Waals surface area contributed by atoms with Crippen molar-refractivity contribution < 1.29 is 4.39 Å². The number of hydrogen-bond acceptors (Lipinski definition) is 4. The van der Waals surface area contributed by atoms with Gasteiger partial charge >= 0.3 is 0 Å². The number of aromatic nitrogens is 2. The summed E-state index contributed by atoms with van der Waals surface area (Å²) < 4.78 is 13.3. The summed E-state index contributed by atoms with van der Waals surface area (Å²) in [5.41, 5.74) is 0.690. The van der Waals surface area contributed by atoms with Gasteiger partial charge in [0.05, 0.1) is 5.39 Å². The minimum absolute atomic E-state index is 0.280. The van der Waals surface area contributed by atoms with E-state index in [1.54, 1.807) is 17.4 Å². The molecule has 1 N–H and O–H groups in total. The van der Waals surface area contributed by atoms with Crippen LogP contribution in [0.2, 0.25) is 0 Å². The molecule has 3 aromatic rings. The van der Waals surface area contributed by atoms with Crippen LogP contribution in [0.1, 0.15) is 11.8 Å². The molecule has 20 heavy (non-hydrogen) atoms. The average molecular weight is 287 g/mol. The molecule has 5 heteroatoms. The van der Waals surface area contributed by atoms with Crippen LogP contribution in [0.25, 0.3) is 21.6 Å². The van der Waals surface area contributed by atoms with Crippen molar-refractivity contribution in [1.82, 2.24) is 9.97 Å². The number of benzene rings is 1. The van der Waals surface area contributed by atoms with E-state index in [1.165, 1.54) is 17.0 Å². The van der Waals surface area contributed by atoms with Crippen molar-refractivity contribution in [1.29, 1.82) is 0 Å². The summed E-state index contributed by atoms with van der Waals surface area (Å²) in [6.45, 7) is 2.12. The first-order valence-corrected chi connectivity index (χ1v) is 7.27. The van der Waals surface area contributed by atoms with Crippen molar-refractivity contribution in [3.05, 3.63) is 41.0 Å². The number of fused-ring (bicyclic) bond motifs is 1. The van der Waals surface area contributed by atoms with E-state index in [0.29, 0.717) is 11.4 Å². The molecule has 3 rings (SSSR count). The fourth-order valence-electron chi connectivity index (χ4n) is 2.09. The zero-order chi connectivity index (χ0) is 14.1. The van der Waals surface area contributed by atoms with Crippen LogP contribution in [0.3, 0.4) is 0 Å². The van der Waals surface area contributed by atoms with Gasteiger partial charge in [0.15, 0.2) is 5.82 Å². The first-order chi connectivity index (χ1) is 9.71. The third kappa shape index (κ3) is 2.25. The third-order valence-corrected chi connectivity index (χ3v) is 4.29. The van der Waals surface area contributed by atoms with Gasteiger partial charge in [-0.15, -0.1) is 11.3 Å². The smallest absolute Gasteiger partial charge is 0.163 e. The first kappa shape index (κ1) is 13.0. The Morgan fingerprint density at radius 3 is 2.80 bits per heavy atom. The second kappa shape index (κ2) is 5.17. The number of anilines is 1. The zero-order valence-corrected chi connectivity index (χ0v) is 12.1. The summed E-state index contributed by atoms with van der Waals surface area (Å²) in [4.78, 5) is 11.3. The topological polar surface area (TPSA) is 37.8 Å². The lowest BCUT2D eigenvalue weighted by atomic mass is 10.2. The lowest BCUT2D eigenvalue weighted by molar-refractivity contribution is 0.628. The molecule has 102 valence electrons. The molecule has 0 aliphatic carbocycles. The average Bonchev–Trinajstić information content (AvgIpc) is 2.89. The van der Waals surface area contributed by atoms with Gasteiger partial charge in [0, 0.05) is 17.5 Å². The van der Waals surface area contributed by atoms with E-state index in [9.17, 15) is 4.39 Å². The molecule has 0 bridgehead atoms. The summed E-state index contributed by atoms with van der Waals surface area (Å²) in [6, 6.07) is 8.47. The predicted octanol–water partition coefficient (Wildman–Crippen LogP) is 4.10. The zero-order valence-electron chi connectivity index (χ0n) is 11.3. The molecule has 2 aromatic heterocycles. The van der Waals surface area contributed by atoms with E-state index in [4.69, 9.17) is 0 Å². The molecule has 0 fully saturated rings. The number of hydrogen-bond donors (Lipinski definition) is 1. The Morgan fingerprint density at radius 2 is 2.10 bits per heavy atom. The quantitative estimate of drug-likeness (QED) is 0.788. The minimum atomic E-state index is -0.280. The van der Waals surface area contributed by atoms with Gasteiger partial charge in [0.2, 0.25) is 0 Å². The summed E-state index contributed by atoms with van der Waals surface area (Å²) in [5.74, 6) is 1.05. The highest BCUT2D eigenvalue weighted by Crippen LogP contribution is 2.31. The van der Waals surface area contributed by atoms with Crippen molar-refractivity contribution in [3.8, 4) is 11.4 Å². The van der Waals surface area contributed by atoms with Gasteiger partial charge in [-0.25, -0.2) is 14.4 Å². The highest BCUT2D eigenvalue weighted by molar-refractivity contribution is 7.18. The maximum atomic E-state index is 13.3. The Kier molecular flexibility index (Phi) is 3.36. The second-order valence-corrected chi connectivity index (χ2v) is 5.56. The standard InChI is InChI=1S/C15H14FN3S/c1-3-11-8-12-14(17-2)18-13(19-15(12)20-11)9-5-4-6-10(16)7-9/h4-8H,3H2,1-2H3,(H,17,18,19). The lowest BCUT2D eigenvalue weighted by Gasteiger charge is -2.05. The van der Waals surface area contributed by atoms with Gasteiger partial charge in [-0.3, -0.25) is 0 Å². The normalized spacial score (nSPS) is 10.9. The Labute approximate surface area is 120 Å². The Hall–Kier alpha value is -2.01. The molecule has 0 unspecified atom stereocenters. The Bertz CT molecular complexity index is 767. The highest BCUT2D eigenvalue weighted by atomic mass is 32.1. The molecule has 3 nitrogen and oxygen atoms in total. The fraction of sp³-hybridized carbons (Fsp3) is 0.200. The summed E-state index contributed by atoms with van der Waals surface area (Å²) >= 11 is 1.65. The van der Waals surface area contributed by atoms with Crippen LogP contribution in [0.5, 0.6) is 0 Å². The van der Waals surface area contributed by atoms with Gasteiger partial charge in [-0.2, -0.15) is 0 Å². The Morgan fingerprint density at radius 1 is 1.25 bits per heavy atom. The van der Waals surface area contributed by atoms with Gasteiger partial charge < -0.3 is 5.32 Å². The van der Waals surface area contributed by atoms with Crippen molar-refractivity contribution in [2.24, 2.45) is 0 Å². The van der Waals surface area contributed by atoms with Gasteiger partial charge in [0.25, 0.3) is 0 Å². The van der Waals surface area contributed by atoms with E-state index in [-0.39, 0.29) is 5.82 Å². The number of aryl methyl sites for hydroxylation is 1. The van der Waals surface area contributed by atoms with Crippen molar-refractivity contribution in [2.45, 2.75) is 13.3 Å². The van der Waals surface area contributed by atoms with Crippen LogP contribution < -0.4 is 5.32 Å². The summed E-state index contributed by atoms with van der Waals surface area (Å²) in [7, 11) is 1.83. The number of halogens is 1. The molecule has 0 amide bonds. The van der Waals surface area contributed by atoms with Crippen molar-refractivity contribution >= 4 is 27.4 Å². The lowest BCUT2D eigenvalue weighted by Crippen LogP contribution is -1.97. The van der Waals surface area contributed by atoms with Gasteiger partial charge in [-0.05, 0) is 24.6 Å². The van der Waals surface area contributed by atoms with Crippen molar-refractivity contribution in [3.63, 3.8) is 0 Å². The van der Waals surface area contributed by atoms with E-state index in [0.717, 1.165) is 22.5 Å². The largest absolute Gasteiger partial charge is 0.372 e. The molecule has 2 heterocycles. The maximum absolute atomic E-state index is 13.3. The van der Waals surface area contributed by atoms with E-state index < -0.39 is 0 Å². The molecule has 0 aliphatic rings. The van der Waals surface area contributed by atoms with E-state index in [1.807, 2.05) is 13.1 Å². The summed E-state index contributed by atoms with van der Waals surface area (Å²) in [5, 5.41) is 4.12. The van der Waals surface area contributed by atoms with Gasteiger partial charge in [0.1, 0.15) is 16.5 Å². The Balaban J connectivity index is 2.21. The molecular weight excluding hydrogens is 273 g/mol. The molecule has 0 atom stereocenters. The van der Waals surface area contributed by atoms with Crippen LogP contribution >= 0.6 is 11.3 Å². The second-order valence-electron chi connectivity index (χ2n) is 4.44. The van der Waals surface area contributed by atoms with Crippen LogP contribution in [0, 0.1) is 5.82 Å². The molecule has 0 aliphatic heterocycles. The maximum Gasteiger partial charge on any atom is 0.163 e. The van der Waals surface area contributed by atoms with Crippen LogP contribution in [0.4, 0.5) is 10.2 Å². The van der Waals surface area contributed by atoms with Crippen LogP contribution in [-0.4, -0.2) is 17.0 Å². The molecule has 0 radical (unpaired) electrons. The number of nitrogens with one attached hydrogen (secondary N) is 1. The van der Waals surface area contributed by atoms with Crippen LogP contribution in [-0.2, 0) is 6.42 Å².